The highest BCUT2D eigenvalue weighted by Crippen LogP contribution is 2.20. The van der Waals surface area contributed by atoms with Gasteiger partial charge in [0.05, 0.1) is 4.92 Å². The summed E-state index contributed by atoms with van der Waals surface area (Å²) in [6.45, 7) is 6.45. The Morgan fingerprint density at radius 2 is 1.76 bits per heavy atom. The average molecular weight is 414 g/mol. The number of benzene rings is 2. The van der Waals surface area contributed by atoms with Crippen molar-refractivity contribution in [1.29, 1.82) is 0 Å². The van der Waals surface area contributed by atoms with E-state index in [9.17, 15) is 14.9 Å². The first-order valence-electron chi connectivity index (χ1n) is 9.55. The zero-order chi connectivity index (χ0) is 21.0. The molecule has 0 N–H and O–H groups in total. The molecule has 0 aromatic heterocycles. The minimum atomic E-state index is -0.439. The predicted molar refractivity (Wildman–Crippen MR) is 115 cm³/mol. The van der Waals surface area contributed by atoms with E-state index in [0.29, 0.717) is 6.54 Å². The van der Waals surface area contributed by atoms with Gasteiger partial charge in [-0.15, -0.1) is 0 Å². The van der Waals surface area contributed by atoms with E-state index in [2.05, 4.69) is 18.7 Å². The lowest BCUT2D eigenvalue weighted by Crippen LogP contribution is -2.57. The van der Waals surface area contributed by atoms with Gasteiger partial charge in [0.25, 0.3) is 5.69 Å². The van der Waals surface area contributed by atoms with Crippen molar-refractivity contribution < 1.29 is 9.72 Å². The number of nitro benzene ring substituents is 1. The molecule has 0 spiro atoms. The number of rotatable bonds is 5. The van der Waals surface area contributed by atoms with E-state index >= 15 is 0 Å². The van der Waals surface area contributed by atoms with Crippen LogP contribution in [0, 0.1) is 10.1 Å². The number of amides is 1. The van der Waals surface area contributed by atoms with Gasteiger partial charge in [0.15, 0.2) is 0 Å². The fraction of sp³-hybridized carbons (Fsp3) is 0.318. The zero-order valence-corrected chi connectivity index (χ0v) is 17.2. The Morgan fingerprint density at radius 3 is 2.38 bits per heavy atom. The molecule has 1 fully saturated rings. The number of nitrogens with zero attached hydrogens (tertiary/aromatic N) is 3. The van der Waals surface area contributed by atoms with Gasteiger partial charge >= 0.3 is 0 Å². The average Bonchev–Trinajstić information content (AvgIpc) is 2.70. The Bertz CT molecular complexity index is 897. The van der Waals surface area contributed by atoms with Crippen LogP contribution < -0.4 is 0 Å². The molecule has 0 aliphatic carbocycles. The van der Waals surface area contributed by atoms with Gasteiger partial charge in [-0.1, -0.05) is 23.7 Å². The number of carbonyl (C=O) groups is 1. The lowest BCUT2D eigenvalue weighted by Gasteiger charge is -2.44. The molecule has 0 bridgehead atoms. The number of nitro groups is 1. The maximum atomic E-state index is 12.7. The van der Waals surface area contributed by atoms with Crippen molar-refractivity contribution in [3.63, 3.8) is 0 Å². The molecule has 2 aromatic rings. The maximum absolute atomic E-state index is 12.7. The summed E-state index contributed by atoms with van der Waals surface area (Å²) < 4.78 is 0. The van der Waals surface area contributed by atoms with Crippen LogP contribution in [-0.2, 0) is 11.3 Å². The molecule has 1 aliphatic heterocycles. The number of hydrogen-bond donors (Lipinski definition) is 0. The number of carbonyl (C=O) groups excluding carboxylic acids is 1. The van der Waals surface area contributed by atoms with Gasteiger partial charge in [-0.2, -0.15) is 0 Å². The summed E-state index contributed by atoms with van der Waals surface area (Å²) in [4.78, 5) is 27.2. The Labute approximate surface area is 175 Å². The molecule has 0 unspecified atom stereocenters. The third kappa shape index (κ3) is 5.43. The number of piperazine rings is 1. The second-order valence-electron chi connectivity index (χ2n) is 7.43. The first-order valence-corrected chi connectivity index (χ1v) is 9.93. The third-order valence-electron chi connectivity index (χ3n) is 5.22. The molecule has 1 heterocycles. The highest BCUT2D eigenvalue weighted by molar-refractivity contribution is 6.30. The van der Waals surface area contributed by atoms with Crippen molar-refractivity contribution in [2.75, 3.05) is 13.1 Å². The summed E-state index contributed by atoms with van der Waals surface area (Å²) >= 11 is 5.96. The second kappa shape index (κ2) is 9.20. The summed E-state index contributed by atoms with van der Waals surface area (Å²) in [5, 5.41) is 11.5. The summed E-state index contributed by atoms with van der Waals surface area (Å²) in [7, 11) is 0. The van der Waals surface area contributed by atoms with Gasteiger partial charge in [-0.05, 0) is 55.3 Å². The Balaban J connectivity index is 1.60. The number of non-ortho nitro benzene ring substituents is 1. The number of hydrogen-bond acceptors (Lipinski definition) is 4. The highest BCUT2D eigenvalue weighted by atomic mass is 35.5. The Kier molecular flexibility index (Phi) is 6.67. The standard InChI is InChI=1S/C22H24ClN3O3/c1-16-14-25(17(2)13-24(16)15-19-3-8-20(23)9-4-19)22(27)12-7-18-5-10-21(11-6-18)26(28)29/h3-12,16-17H,13-15H2,1-2H3/b12-7+/t16-,17+/m1/s1. The fourth-order valence-electron chi connectivity index (χ4n) is 3.52. The molecule has 3 rings (SSSR count). The highest BCUT2D eigenvalue weighted by Gasteiger charge is 2.30. The predicted octanol–water partition coefficient (Wildman–Crippen LogP) is 4.38. The molecule has 2 atom stereocenters. The van der Waals surface area contributed by atoms with Crippen LogP contribution in [0.1, 0.15) is 25.0 Å². The maximum Gasteiger partial charge on any atom is 0.269 e. The zero-order valence-electron chi connectivity index (χ0n) is 16.5. The van der Waals surface area contributed by atoms with Gasteiger partial charge in [-0.25, -0.2) is 0 Å². The molecule has 29 heavy (non-hydrogen) atoms. The molecule has 0 saturated carbocycles. The minimum Gasteiger partial charge on any atom is -0.334 e. The molecule has 1 amide bonds. The SMILES string of the molecule is C[C@@H]1CN(C(=O)/C=C/c2ccc([N+](=O)[O-])cc2)[C@@H](C)CN1Cc1ccc(Cl)cc1. The smallest absolute Gasteiger partial charge is 0.269 e. The van der Waals surface area contributed by atoms with E-state index in [1.807, 2.05) is 29.2 Å². The van der Waals surface area contributed by atoms with Crippen molar-refractivity contribution in [2.45, 2.75) is 32.5 Å². The van der Waals surface area contributed by atoms with Gasteiger partial charge in [0.1, 0.15) is 0 Å². The monoisotopic (exact) mass is 413 g/mol. The van der Waals surface area contributed by atoms with Crippen molar-refractivity contribution in [3.8, 4) is 0 Å². The van der Waals surface area contributed by atoms with Crippen LogP contribution in [0.3, 0.4) is 0 Å². The van der Waals surface area contributed by atoms with Gasteiger partial charge in [0, 0.05) is 54.9 Å². The van der Waals surface area contributed by atoms with Gasteiger partial charge in [0.2, 0.25) is 5.91 Å². The van der Waals surface area contributed by atoms with Crippen molar-refractivity contribution in [3.05, 3.63) is 80.9 Å². The van der Waals surface area contributed by atoms with Crippen molar-refractivity contribution in [2.24, 2.45) is 0 Å². The Morgan fingerprint density at radius 1 is 1.10 bits per heavy atom. The summed E-state index contributed by atoms with van der Waals surface area (Å²) in [6, 6.07) is 14.3. The van der Waals surface area contributed by atoms with Gasteiger partial charge in [-0.3, -0.25) is 19.8 Å². The minimum absolute atomic E-state index is 0.0349. The first kappa shape index (κ1) is 21.0. The first-order chi connectivity index (χ1) is 13.8. The molecular formula is C22H24ClN3O3. The van der Waals surface area contributed by atoms with Crippen molar-refractivity contribution >= 4 is 29.3 Å². The van der Waals surface area contributed by atoms with Crippen LogP contribution in [0.5, 0.6) is 0 Å². The van der Waals surface area contributed by atoms with Crippen LogP contribution in [0.4, 0.5) is 5.69 Å². The molecule has 1 saturated heterocycles. The lowest BCUT2D eigenvalue weighted by molar-refractivity contribution is -0.384. The van der Waals surface area contributed by atoms with Crippen molar-refractivity contribution in [1.82, 2.24) is 9.80 Å². The normalized spacial score (nSPS) is 20.2. The molecule has 2 aromatic carbocycles. The largest absolute Gasteiger partial charge is 0.334 e. The molecule has 1 aliphatic rings. The molecule has 0 radical (unpaired) electrons. The van der Waals surface area contributed by atoms with E-state index in [1.165, 1.54) is 17.7 Å². The van der Waals surface area contributed by atoms with E-state index < -0.39 is 4.92 Å². The fourth-order valence-corrected chi connectivity index (χ4v) is 3.65. The van der Waals surface area contributed by atoms with E-state index in [4.69, 9.17) is 11.6 Å². The lowest BCUT2D eigenvalue weighted by atomic mass is 10.1. The molecule has 7 heteroatoms. The third-order valence-corrected chi connectivity index (χ3v) is 5.47. The van der Waals surface area contributed by atoms with Crippen LogP contribution in [0.25, 0.3) is 6.08 Å². The van der Waals surface area contributed by atoms with Gasteiger partial charge < -0.3 is 4.90 Å². The summed E-state index contributed by atoms with van der Waals surface area (Å²) in [5.74, 6) is -0.0474. The van der Waals surface area contributed by atoms with Crippen LogP contribution in [0.15, 0.2) is 54.6 Å². The molecule has 6 nitrogen and oxygen atoms in total. The number of halogens is 1. The van der Waals surface area contributed by atoms with Crippen LogP contribution >= 0.6 is 11.6 Å². The topological polar surface area (TPSA) is 66.7 Å². The van der Waals surface area contributed by atoms with Crippen LogP contribution in [-0.4, -0.2) is 45.8 Å². The van der Waals surface area contributed by atoms with E-state index in [1.54, 1.807) is 24.3 Å². The van der Waals surface area contributed by atoms with Crippen LogP contribution in [0.2, 0.25) is 5.02 Å². The second-order valence-corrected chi connectivity index (χ2v) is 7.86. The summed E-state index contributed by atoms with van der Waals surface area (Å²) in [5.41, 5.74) is 1.99. The quantitative estimate of drug-likeness (QED) is 0.414. The van der Waals surface area contributed by atoms with E-state index in [-0.39, 0.29) is 23.7 Å². The molecule has 152 valence electrons. The summed E-state index contributed by atoms with van der Waals surface area (Å²) in [6.07, 6.45) is 3.24. The van der Waals surface area contributed by atoms with E-state index in [0.717, 1.165) is 23.7 Å². The Hall–Kier alpha value is -2.70. The molecular weight excluding hydrogens is 390 g/mol.